The summed E-state index contributed by atoms with van der Waals surface area (Å²) in [6.07, 6.45) is 1.63. The van der Waals surface area contributed by atoms with Gasteiger partial charge in [-0.25, -0.2) is 0 Å². The molecule has 54 valence electrons. The summed E-state index contributed by atoms with van der Waals surface area (Å²) in [4.78, 5) is 3.88. The number of pyridine rings is 1. The number of halogens is 1. The smallest absolute Gasteiger partial charge is 0.141 e. The molecule has 1 aromatic heterocycles. The molecule has 3 heteroatoms. The number of hydrogen-bond acceptors (Lipinski definition) is 2. The Labute approximate surface area is 64.5 Å². The van der Waals surface area contributed by atoms with Crippen LogP contribution in [-0.4, -0.2) is 10.1 Å². The summed E-state index contributed by atoms with van der Waals surface area (Å²) in [5.74, 6) is 0.535. The Balaban J connectivity index is 3.14. The highest BCUT2D eigenvalue weighted by atomic mass is 35.5. The molecule has 1 heterocycles. The molecule has 10 heavy (non-hydrogen) atoms. The monoisotopic (exact) mass is 157 g/mol. The second-order valence-corrected chi connectivity index (χ2v) is 2.30. The van der Waals surface area contributed by atoms with E-state index in [9.17, 15) is 5.11 Å². The first-order valence-corrected chi connectivity index (χ1v) is 3.48. The highest BCUT2D eigenvalue weighted by Crippen LogP contribution is 2.20. The number of hydrogen-bond donors (Lipinski definition) is 1. The molecule has 0 spiro atoms. The average Bonchev–Trinajstić information content (AvgIpc) is 1.95. The van der Waals surface area contributed by atoms with Crippen LogP contribution in [-0.2, 0) is 5.88 Å². The molecular weight excluding hydrogens is 150 g/mol. The first-order chi connectivity index (χ1) is 4.75. The van der Waals surface area contributed by atoms with Crippen LogP contribution in [0.15, 0.2) is 12.3 Å². The third-order valence-corrected chi connectivity index (χ3v) is 1.62. The molecule has 0 amide bonds. The van der Waals surface area contributed by atoms with Crippen molar-refractivity contribution >= 4 is 11.6 Å². The van der Waals surface area contributed by atoms with Gasteiger partial charge >= 0.3 is 0 Å². The molecule has 2 nitrogen and oxygen atoms in total. The van der Waals surface area contributed by atoms with Crippen LogP contribution in [0, 0.1) is 6.92 Å². The number of aromatic nitrogens is 1. The van der Waals surface area contributed by atoms with Crippen molar-refractivity contribution < 1.29 is 5.11 Å². The van der Waals surface area contributed by atoms with Crippen molar-refractivity contribution in [1.29, 1.82) is 0 Å². The lowest BCUT2D eigenvalue weighted by Crippen LogP contribution is -1.85. The van der Waals surface area contributed by atoms with E-state index in [1.807, 2.05) is 0 Å². The minimum Gasteiger partial charge on any atom is -0.506 e. The molecule has 1 aromatic rings. The molecule has 0 saturated carbocycles. The van der Waals surface area contributed by atoms with Crippen molar-refractivity contribution in [2.45, 2.75) is 12.8 Å². The van der Waals surface area contributed by atoms with Gasteiger partial charge in [-0.05, 0) is 13.0 Å². The van der Waals surface area contributed by atoms with Gasteiger partial charge in [-0.1, -0.05) is 0 Å². The topological polar surface area (TPSA) is 33.1 Å². The molecule has 1 rings (SSSR count). The fraction of sp³-hybridized carbons (Fsp3) is 0.286. The molecule has 0 atom stereocenters. The van der Waals surface area contributed by atoms with Crippen molar-refractivity contribution in [2.24, 2.45) is 0 Å². The van der Waals surface area contributed by atoms with Crippen LogP contribution in [0.1, 0.15) is 11.3 Å². The molecule has 0 aliphatic heterocycles. The molecule has 0 aromatic carbocycles. The Bertz CT molecular complexity index is 237. The third kappa shape index (κ3) is 1.21. The lowest BCUT2D eigenvalue weighted by Gasteiger charge is -2.00. The lowest BCUT2D eigenvalue weighted by molar-refractivity contribution is 0.462. The van der Waals surface area contributed by atoms with Gasteiger partial charge in [0, 0.05) is 11.8 Å². The van der Waals surface area contributed by atoms with E-state index in [-0.39, 0.29) is 5.75 Å². The number of aromatic hydroxyl groups is 1. The molecule has 1 N–H and O–H groups in total. The zero-order chi connectivity index (χ0) is 7.56. The van der Waals surface area contributed by atoms with Crippen molar-refractivity contribution in [3.8, 4) is 5.75 Å². The predicted molar refractivity (Wildman–Crippen MR) is 40.2 cm³/mol. The van der Waals surface area contributed by atoms with E-state index >= 15 is 0 Å². The molecule has 0 aliphatic carbocycles. The minimum absolute atomic E-state index is 0.206. The second kappa shape index (κ2) is 2.88. The van der Waals surface area contributed by atoms with Gasteiger partial charge in [-0.2, -0.15) is 0 Å². The average molecular weight is 158 g/mol. The van der Waals surface area contributed by atoms with E-state index in [1.165, 1.54) is 0 Å². The predicted octanol–water partition coefficient (Wildman–Crippen LogP) is 1.83. The van der Waals surface area contributed by atoms with Crippen LogP contribution in [0.4, 0.5) is 0 Å². The van der Waals surface area contributed by atoms with Gasteiger partial charge < -0.3 is 5.11 Å². The number of aryl methyl sites for hydroxylation is 1. The van der Waals surface area contributed by atoms with Crippen LogP contribution in [0.2, 0.25) is 0 Å². The standard InChI is InChI=1S/C7H8ClNO/c1-5-7(10)6(4-8)2-3-9-5/h2-3,10H,4H2,1H3. The van der Waals surface area contributed by atoms with Crippen LogP contribution < -0.4 is 0 Å². The third-order valence-electron chi connectivity index (χ3n) is 1.33. The zero-order valence-electron chi connectivity index (χ0n) is 5.63. The molecule has 0 radical (unpaired) electrons. The first kappa shape index (κ1) is 7.35. The number of rotatable bonds is 1. The highest BCUT2D eigenvalue weighted by molar-refractivity contribution is 6.17. The fourth-order valence-electron chi connectivity index (χ4n) is 0.719. The van der Waals surface area contributed by atoms with Crippen LogP contribution in [0.3, 0.4) is 0 Å². The second-order valence-electron chi connectivity index (χ2n) is 2.04. The Kier molecular flexibility index (Phi) is 2.12. The molecular formula is C7H8ClNO. The largest absolute Gasteiger partial charge is 0.506 e. The summed E-state index contributed by atoms with van der Waals surface area (Å²) in [5, 5.41) is 9.25. The number of alkyl halides is 1. The van der Waals surface area contributed by atoms with Crippen LogP contribution >= 0.6 is 11.6 Å². The van der Waals surface area contributed by atoms with E-state index in [0.29, 0.717) is 11.6 Å². The molecule has 0 fully saturated rings. The van der Waals surface area contributed by atoms with Gasteiger partial charge in [-0.3, -0.25) is 4.98 Å². The van der Waals surface area contributed by atoms with E-state index in [2.05, 4.69) is 4.98 Å². The van der Waals surface area contributed by atoms with Gasteiger partial charge in [0.1, 0.15) is 5.75 Å². The summed E-state index contributed by atoms with van der Waals surface area (Å²) in [6, 6.07) is 1.70. The Morgan fingerprint density at radius 1 is 1.70 bits per heavy atom. The van der Waals surface area contributed by atoms with Crippen molar-refractivity contribution in [3.05, 3.63) is 23.5 Å². The Morgan fingerprint density at radius 3 is 2.90 bits per heavy atom. The maximum absolute atomic E-state index is 9.25. The Morgan fingerprint density at radius 2 is 2.40 bits per heavy atom. The normalized spacial score (nSPS) is 9.80. The first-order valence-electron chi connectivity index (χ1n) is 2.95. The minimum atomic E-state index is 0.206. The fourth-order valence-corrected chi connectivity index (χ4v) is 0.935. The van der Waals surface area contributed by atoms with Crippen LogP contribution in [0.25, 0.3) is 0 Å². The summed E-state index contributed by atoms with van der Waals surface area (Å²) >= 11 is 5.52. The van der Waals surface area contributed by atoms with Crippen molar-refractivity contribution in [2.75, 3.05) is 0 Å². The quantitative estimate of drug-likeness (QED) is 0.631. The SMILES string of the molecule is Cc1nccc(CCl)c1O. The van der Waals surface area contributed by atoms with E-state index in [4.69, 9.17) is 11.6 Å². The molecule has 0 unspecified atom stereocenters. The maximum Gasteiger partial charge on any atom is 0.141 e. The van der Waals surface area contributed by atoms with Crippen LogP contribution in [0.5, 0.6) is 5.75 Å². The Hall–Kier alpha value is -0.760. The summed E-state index contributed by atoms with van der Waals surface area (Å²) in [5.41, 5.74) is 1.35. The van der Waals surface area contributed by atoms with Gasteiger partial charge in [-0.15, -0.1) is 11.6 Å². The van der Waals surface area contributed by atoms with E-state index < -0.39 is 0 Å². The highest BCUT2D eigenvalue weighted by Gasteiger charge is 2.01. The van der Waals surface area contributed by atoms with Gasteiger partial charge in [0.2, 0.25) is 0 Å². The van der Waals surface area contributed by atoms with Gasteiger partial charge in [0.05, 0.1) is 11.6 Å². The molecule has 0 aliphatic rings. The van der Waals surface area contributed by atoms with Crippen molar-refractivity contribution in [3.63, 3.8) is 0 Å². The molecule has 0 bridgehead atoms. The van der Waals surface area contributed by atoms with Crippen molar-refractivity contribution in [1.82, 2.24) is 4.98 Å². The van der Waals surface area contributed by atoms with E-state index in [0.717, 1.165) is 5.56 Å². The molecule has 0 saturated heterocycles. The maximum atomic E-state index is 9.25. The lowest BCUT2D eigenvalue weighted by atomic mass is 10.2. The van der Waals surface area contributed by atoms with Gasteiger partial charge in [0.15, 0.2) is 0 Å². The zero-order valence-corrected chi connectivity index (χ0v) is 6.39. The summed E-state index contributed by atoms with van der Waals surface area (Å²) in [7, 11) is 0. The summed E-state index contributed by atoms with van der Waals surface area (Å²) in [6.45, 7) is 1.74. The van der Waals surface area contributed by atoms with E-state index in [1.54, 1.807) is 19.2 Å². The summed E-state index contributed by atoms with van der Waals surface area (Å²) < 4.78 is 0. The van der Waals surface area contributed by atoms with Gasteiger partial charge in [0.25, 0.3) is 0 Å². The number of nitrogens with zero attached hydrogens (tertiary/aromatic N) is 1.